The zero-order valence-corrected chi connectivity index (χ0v) is 15.3. The van der Waals surface area contributed by atoms with Gasteiger partial charge in [-0.1, -0.05) is 25.3 Å². The number of anilines is 1. The maximum absolute atomic E-state index is 12.1. The van der Waals surface area contributed by atoms with Crippen LogP contribution in [0.15, 0.2) is 24.3 Å². The van der Waals surface area contributed by atoms with Crippen LogP contribution in [0.4, 0.5) is 5.69 Å². The van der Waals surface area contributed by atoms with Gasteiger partial charge in [-0.2, -0.15) is 0 Å². The van der Waals surface area contributed by atoms with Crippen molar-refractivity contribution in [1.29, 1.82) is 0 Å². The standard InChI is InChI=1S/C20H26N2O5/c23-17(21-13-20(19(25)26)9-2-1-3-10-20)12-27-16-6-4-5-15(11-16)22-18(24)14-7-8-14/h4-6,11,14H,1-3,7-10,12-13H2,(H,21,23)(H,22,24)(H,25,26). The lowest BCUT2D eigenvalue weighted by Gasteiger charge is -2.33. The molecule has 0 unspecified atom stereocenters. The van der Waals surface area contributed by atoms with Gasteiger partial charge in [0.1, 0.15) is 5.75 Å². The maximum atomic E-state index is 12.1. The Morgan fingerprint density at radius 3 is 2.56 bits per heavy atom. The van der Waals surface area contributed by atoms with Crippen molar-refractivity contribution >= 4 is 23.5 Å². The number of carboxylic acids is 1. The molecule has 2 saturated carbocycles. The van der Waals surface area contributed by atoms with Gasteiger partial charge in [0.15, 0.2) is 6.61 Å². The van der Waals surface area contributed by atoms with Gasteiger partial charge >= 0.3 is 5.97 Å². The Hall–Kier alpha value is -2.57. The second kappa shape index (κ2) is 8.41. The number of benzene rings is 1. The summed E-state index contributed by atoms with van der Waals surface area (Å²) in [7, 11) is 0. The third-order valence-corrected chi connectivity index (χ3v) is 5.31. The van der Waals surface area contributed by atoms with Crippen LogP contribution in [0.5, 0.6) is 5.75 Å². The van der Waals surface area contributed by atoms with E-state index in [2.05, 4.69) is 10.6 Å². The van der Waals surface area contributed by atoms with Crippen LogP contribution in [0.25, 0.3) is 0 Å². The molecule has 0 radical (unpaired) electrons. The largest absolute Gasteiger partial charge is 0.484 e. The van der Waals surface area contributed by atoms with Crippen molar-refractivity contribution in [2.24, 2.45) is 11.3 Å². The number of hydrogen-bond donors (Lipinski definition) is 3. The number of carbonyl (C=O) groups excluding carboxylic acids is 2. The fourth-order valence-electron chi connectivity index (χ4n) is 3.42. The van der Waals surface area contributed by atoms with Gasteiger partial charge in [-0.3, -0.25) is 14.4 Å². The highest BCUT2D eigenvalue weighted by Gasteiger charge is 2.39. The zero-order valence-electron chi connectivity index (χ0n) is 15.3. The minimum atomic E-state index is -0.860. The van der Waals surface area contributed by atoms with E-state index in [-0.39, 0.29) is 30.9 Å². The third kappa shape index (κ3) is 5.21. The van der Waals surface area contributed by atoms with E-state index in [1.807, 2.05) is 0 Å². The summed E-state index contributed by atoms with van der Waals surface area (Å²) < 4.78 is 5.49. The van der Waals surface area contributed by atoms with Crippen LogP contribution in [-0.2, 0) is 14.4 Å². The Morgan fingerprint density at radius 1 is 1.15 bits per heavy atom. The van der Waals surface area contributed by atoms with Crippen LogP contribution in [0, 0.1) is 11.3 Å². The highest BCUT2D eigenvalue weighted by Crippen LogP contribution is 2.36. The topological polar surface area (TPSA) is 105 Å². The maximum Gasteiger partial charge on any atom is 0.311 e. The molecule has 146 valence electrons. The number of carboxylic acid groups (broad SMARTS) is 1. The second-order valence-corrected chi connectivity index (χ2v) is 7.50. The molecule has 0 saturated heterocycles. The van der Waals surface area contributed by atoms with Crippen LogP contribution >= 0.6 is 0 Å². The van der Waals surface area contributed by atoms with Gasteiger partial charge < -0.3 is 20.5 Å². The molecule has 7 heteroatoms. The van der Waals surface area contributed by atoms with Crippen molar-refractivity contribution in [3.8, 4) is 5.75 Å². The Kier molecular flexibility index (Phi) is 5.98. The molecule has 0 spiro atoms. The number of rotatable bonds is 8. The van der Waals surface area contributed by atoms with Crippen LogP contribution in [0.3, 0.4) is 0 Å². The highest BCUT2D eigenvalue weighted by atomic mass is 16.5. The van der Waals surface area contributed by atoms with Crippen LogP contribution in [-0.4, -0.2) is 36.0 Å². The Morgan fingerprint density at radius 2 is 1.89 bits per heavy atom. The van der Waals surface area contributed by atoms with Crippen molar-refractivity contribution in [1.82, 2.24) is 5.32 Å². The molecule has 1 aromatic rings. The monoisotopic (exact) mass is 374 g/mol. The average Bonchev–Trinajstić information content (AvgIpc) is 3.51. The predicted octanol–water partition coefficient (Wildman–Crippen LogP) is 2.57. The molecule has 0 aliphatic heterocycles. The van der Waals surface area contributed by atoms with E-state index in [1.165, 1.54) is 0 Å². The van der Waals surface area contributed by atoms with Crippen LogP contribution in [0.2, 0.25) is 0 Å². The van der Waals surface area contributed by atoms with E-state index in [0.29, 0.717) is 24.3 Å². The lowest BCUT2D eigenvalue weighted by molar-refractivity contribution is -0.151. The molecule has 0 atom stereocenters. The third-order valence-electron chi connectivity index (χ3n) is 5.31. The lowest BCUT2D eigenvalue weighted by Crippen LogP contribution is -2.45. The summed E-state index contributed by atoms with van der Waals surface area (Å²) in [6.07, 6.45) is 5.83. The Labute approximate surface area is 158 Å². The second-order valence-electron chi connectivity index (χ2n) is 7.50. The number of aliphatic carboxylic acids is 1. The van der Waals surface area contributed by atoms with Crippen molar-refractivity contribution in [2.45, 2.75) is 44.9 Å². The fourth-order valence-corrected chi connectivity index (χ4v) is 3.42. The molecular formula is C20H26N2O5. The molecule has 2 amide bonds. The smallest absolute Gasteiger partial charge is 0.311 e. The summed E-state index contributed by atoms with van der Waals surface area (Å²) in [4.78, 5) is 35.5. The van der Waals surface area contributed by atoms with Gasteiger partial charge in [0.2, 0.25) is 5.91 Å². The van der Waals surface area contributed by atoms with E-state index in [1.54, 1.807) is 24.3 Å². The average molecular weight is 374 g/mol. The number of hydrogen-bond acceptors (Lipinski definition) is 4. The SMILES string of the molecule is O=C(COc1cccc(NC(=O)C2CC2)c1)NCC1(C(=O)O)CCCCC1. The molecule has 0 aromatic heterocycles. The molecule has 0 bridgehead atoms. The van der Waals surface area contributed by atoms with Crippen molar-refractivity contribution in [2.75, 3.05) is 18.5 Å². The number of carbonyl (C=O) groups is 3. The van der Waals surface area contributed by atoms with Gasteiger partial charge in [0, 0.05) is 24.2 Å². The predicted molar refractivity (Wildman–Crippen MR) is 99.5 cm³/mol. The van der Waals surface area contributed by atoms with E-state index in [4.69, 9.17) is 4.74 Å². The number of ether oxygens (including phenoxy) is 1. The first-order valence-electron chi connectivity index (χ1n) is 9.52. The van der Waals surface area contributed by atoms with Crippen molar-refractivity contribution in [3.63, 3.8) is 0 Å². The molecule has 2 aliphatic rings. The lowest BCUT2D eigenvalue weighted by atomic mass is 9.74. The fraction of sp³-hybridized carbons (Fsp3) is 0.550. The summed E-state index contributed by atoms with van der Waals surface area (Å²) >= 11 is 0. The first kappa shape index (κ1) is 19.2. The number of nitrogens with one attached hydrogen (secondary N) is 2. The molecule has 2 fully saturated rings. The molecule has 1 aromatic carbocycles. The first-order chi connectivity index (χ1) is 13.0. The molecule has 7 nitrogen and oxygen atoms in total. The van der Waals surface area contributed by atoms with Gasteiger partial charge in [-0.05, 0) is 37.8 Å². The van der Waals surface area contributed by atoms with Gasteiger partial charge in [0.05, 0.1) is 5.41 Å². The van der Waals surface area contributed by atoms with Gasteiger partial charge in [-0.15, -0.1) is 0 Å². The van der Waals surface area contributed by atoms with Gasteiger partial charge in [0.25, 0.3) is 5.91 Å². The molecule has 3 rings (SSSR count). The quantitative estimate of drug-likeness (QED) is 0.649. The minimum absolute atomic E-state index is 0.0105. The Bertz CT molecular complexity index is 708. The van der Waals surface area contributed by atoms with E-state index in [9.17, 15) is 19.5 Å². The molecular weight excluding hydrogens is 348 g/mol. The van der Waals surface area contributed by atoms with Gasteiger partial charge in [-0.25, -0.2) is 0 Å². The Balaban J connectivity index is 1.47. The summed E-state index contributed by atoms with van der Waals surface area (Å²) in [5, 5.41) is 15.1. The molecule has 0 heterocycles. The highest BCUT2D eigenvalue weighted by molar-refractivity contribution is 5.94. The summed E-state index contributed by atoms with van der Waals surface area (Å²) in [5.41, 5.74) is -0.224. The summed E-state index contributed by atoms with van der Waals surface area (Å²) in [6, 6.07) is 6.90. The molecule has 27 heavy (non-hydrogen) atoms. The zero-order chi connectivity index (χ0) is 19.3. The molecule has 2 aliphatic carbocycles. The van der Waals surface area contributed by atoms with Crippen LogP contribution < -0.4 is 15.4 Å². The van der Waals surface area contributed by atoms with Crippen molar-refractivity contribution in [3.05, 3.63) is 24.3 Å². The molecule has 3 N–H and O–H groups in total. The first-order valence-corrected chi connectivity index (χ1v) is 9.52. The minimum Gasteiger partial charge on any atom is -0.484 e. The van der Waals surface area contributed by atoms with E-state index < -0.39 is 11.4 Å². The van der Waals surface area contributed by atoms with E-state index >= 15 is 0 Å². The van der Waals surface area contributed by atoms with Crippen LogP contribution in [0.1, 0.15) is 44.9 Å². The van der Waals surface area contributed by atoms with E-state index in [0.717, 1.165) is 32.1 Å². The number of amides is 2. The van der Waals surface area contributed by atoms with Crippen molar-refractivity contribution < 1.29 is 24.2 Å². The summed E-state index contributed by atoms with van der Waals surface area (Å²) in [6.45, 7) is -0.0717. The normalized spacial score (nSPS) is 18.4. The summed E-state index contributed by atoms with van der Waals surface area (Å²) in [5.74, 6) is -0.599.